The number of nitrogens with one attached hydrogen (secondary N) is 1. The van der Waals surface area contributed by atoms with Crippen LogP contribution in [-0.2, 0) is 6.42 Å². The Kier molecular flexibility index (Phi) is 5.78. The summed E-state index contributed by atoms with van der Waals surface area (Å²) in [6.45, 7) is 8.99. The van der Waals surface area contributed by atoms with Crippen LogP contribution in [0.4, 0.5) is 4.79 Å². The summed E-state index contributed by atoms with van der Waals surface area (Å²) in [5, 5.41) is 5.43. The molecule has 2 aromatic carbocycles. The fourth-order valence-electron chi connectivity index (χ4n) is 2.48. The summed E-state index contributed by atoms with van der Waals surface area (Å²) < 4.78 is 0. The third-order valence-electron chi connectivity index (χ3n) is 3.54. The van der Waals surface area contributed by atoms with Gasteiger partial charge in [-0.25, -0.2) is 4.79 Å². The zero-order chi connectivity index (χ0) is 15.8. The Labute approximate surface area is 131 Å². The molecule has 3 heteroatoms. The van der Waals surface area contributed by atoms with Crippen LogP contribution in [0.1, 0.15) is 5.56 Å². The first-order chi connectivity index (χ1) is 10.8. The standard InChI is InChI=1S/C19H22N2O/c1-3-14-21(15-4-2)19(22)20-13-12-17-10-7-9-16-8-5-6-11-18(16)17/h3-11H,1-2,12-15H2,(H,20,22). The minimum Gasteiger partial charge on any atom is -0.338 e. The highest BCUT2D eigenvalue weighted by molar-refractivity contribution is 5.85. The van der Waals surface area contributed by atoms with Gasteiger partial charge in [-0.15, -0.1) is 13.2 Å². The van der Waals surface area contributed by atoms with E-state index in [1.54, 1.807) is 17.1 Å². The van der Waals surface area contributed by atoms with Crippen LogP contribution in [0.15, 0.2) is 67.8 Å². The van der Waals surface area contributed by atoms with E-state index in [2.05, 4.69) is 48.8 Å². The van der Waals surface area contributed by atoms with E-state index < -0.39 is 0 Å². The molecule has 2 amide bonds. The Morgan fingerprint density at radius 2 is 1.73 bits per heavy atom. The molecule has 114 valence electrons. The Hall–Kier alpha value is -2.55. The summed E-state index contributed by atoms with van der Waals surface area (Å²) in [4.78, 5) is 13.8. The van der Waals surface area contributed by atoms with E-state index >= 15 is 0 Å². The van der Waals surface area contributed by atoms with Gasteiger partial charge < -0.3 is 10.2 Å². The molecule has 3 nitrogen and oxygen atoms in total. The van der Waals surface area contributed by atoms with Crippen LogP contribution in [-0.4, -0.2) is 30.6 Å². The van der Waals surface area contributed by atoms with Crippen molar-refractivity contribution in [3.05, 3.63) is 73.3 Å². The average molecular weight is 294 g/mol. The number of hydrogen-bond donors (Lipinski definition) is 1. The Morgan fingerprint density at radius 3 is 2.45 bits per heavy atom. The van der Waals surface area contributed by atoms with Crippen molar-refractivity contribution in [2.75, 3.05) is 19.6 Å². The van der Waals surface area contributed by atoms with Crippen LogP contribution in [0.3, 0.4) is 0 Å². The molecule has 0 atom stereocenters. The molecule has 0 heterocycles. The number of urea groups is 1. The third-order valence-corrected chi connectivity index (χ3v) is 3.54. The van der Waals surface area contributed by atoms with Crippen LogP contribution in [0, 0.1) is 0 Å². The average Bonchev–Trinajstić information content (AvgIpc) is 2.55. The molecule has 0 aliphatic heterocycles. The van der Waals surface area contributed by atoms with E-state index in [4.69, 9.17) is 0 Å². The monoisotopic (exact) mass is 294 g/mol. The molecule has 0 aliphatic carbocycles. The maximum Gasteiger partial charge on any atom is 0.317 e. The molecule has 0 fully saturated rings. The quantitative estimate of drug-likeness (QED) is 0.775. The molecule has 1 N–H and O–H groups in total. The lowest BCUT2D eigenvalue weighted by Crippen LogP contribution is -2.40. The van der Waals surface area contributed by atoms with Gasteiger partial charge in [-0.2, -0.15) is 0 Å². The highest BCUT2D eigenvalue weighted by Gasteiger charge is 2.09. The van der Waals surface area contributed by atoms with Gasteiger partial charge in [0.05, 0.1) is 0 Å². The minimum absolute atomic E-state index is 0.0833. The Balaban J connectivity index is 1.96. The van der Waals surface area contributed by atoms with Crippen molar-refractivity contribution in [2.45, 2.75) is 6.42 Å². The first-order valence-electron chi connectivity index (χ1n) is 7.47. The number of rotatable bonds is 7. The zero-order valence-electron chi connectivity index (χ0n) is 12.8. The molecular formula is C19H22N2O. The Morgan fingerprint density at radius 1 is 1.05 bits per heavy atom. The SMILES string of the molecule is C=CCN(CC=C)C(=O)NCCc1cccc2ccccc12. The second-order valence-electron chi connectivity index (χ2n) is 5.10. The van der Waals surface area contributed by atoms with Crippen LogP contribution >= 0.6 is 0 Å². The summed E-state index contributed by atoms with van der Waals surface area (Å²) in [5.74, 6) is 0. The topological polar surface area (TPSA) is 32.3 Å². The van der Waals surface area contributed by atoms with Crippen molar-refractivity contribution in [1.82, 2.24) is 10.2 Å². The largest absolute Gasteiger partial charge is 0.338 e. The van der Waals surface area contributed by atoms with Gasteiger partial charge in [-0.3, -0.25) is 0 Å². The predicted octanol–water partition coefficient (Wildman–Crippen LogP) is 3.77. The van der Waals surface area contributed by atoms with Gasteiger partial charge >= 0.3 is 6.03 Å². The number of hydrogen-bond acceptors (Lipinski definition) is 1. The van der Waals surface area contributed by atoms with Crippen molar-refractivity contribution in [3.63, 3.8) is 0 Å². The summed E-state index contributed by atoms with van der Waals surface area (Å²) in [6.07, 6.45) is 4.24. The highest BCUT2D eigenvalue weighted by atomic mass is 16.2. The van der Waals surface area contributed by atoms with Crippen molar-refractivity contribution in [2.24, 2.45) is 0 Å². The smallest absolute Gasteiger partial charge is 0.317 e. The third kappa shape index (κ3) is 3.98. The number of benzene rings is 2. The molecule has 0 radical (unpaired) electrons. The van der Waals surface area contributed by atoms with E-state index in [1.807, 2.05) is 12.1 Å². The molecule has 0 saturated heterocycles. The molecule has 2 aromatic rings. The molecule has 22 heavy (non-hydrogen) atoms. The van der Waals surface area contributed by atoms with E-state index in [1.165, 1.54) is 16.3 Å². The number of carbonyl (C=O) groups excluding carboxylic acids is 1. The molecule has 0 spiro atoms. The fourth-order valence-corrected chi connectivity index (χ4v) is 2.48. The molecule has 0 aromatic heterocycles. The fraction of sp³-hybridized carbons (Fsp3) is 0.211. The maximum absolute atomic E-state index is 12.1. The molecule has 0 saturated carbocycles. The van der Waals surface area contributed by atoms with Gasteiger partial charge in [-0.05, 0) is 22.8 Å². The first kappa shape index (κ1) is 15.8. The van der Waals surface area contributed by atoms with E-state index in [0.717, 1.165) is 6.42 Å². The van der Waals surface area contributed by atoms with Gasteiger partial charge in [-0.1, -0.05) is 54.6 Å². The van der Waals surface area contributed by atoms with Crippen LogP contribution in [0.5, 0.6) is 0 Å². The summed E-state index contributed by atoms with van der Waals surface area (Å²) in [5.41, 5.74) is 1.25. The first-order valence-corrected chi connectivity index (χ1v) is 7.47. The number of nitrogens with zero attached hydrogens (tertiary/aromatic N) is 1. The van der Waals surface area contributed by atoms with Gasteiger partial charge in [0, 0.05) is 19.6 Å². The van der Waals surface area contributed by atoms with Gasteiger partial charge in [0.1, 0.15) is 0 Å². The molecule has 2 rings (SSSR count). The van der Waals surface area contributed by atoms with E-state index in [-0.39, 0.29) is 6.03 Å². The minimum atomic E-state index is -0.0833. The van der Waals surface area contributed by atoms with Gasteiger partial charge in [0.15, 0.2) is 0 Å². The van der Waals surface area contributed by atoms with Gasteiger partial charge in [0.25, 0.3) is 0 Å². The van der Waals surface area contributed by atoms with E-state index in [0.29, 0.717) is 19.6 Å². The molecule has 0 unspecified atom stereocenters. The normalized spacial score (nSPS) is 10.2. The van der Waals surface area contributed by atoms with Crippen LogP contribution < -0.4 is 5.32 Å². The van der Waals surface area contributed by atoms with E-state index in [9.17, 15) is 4.79 Å². The summed E-state index contributed by atoms with van der Waals surface area (Å²) in [7, 11) is 0. The number of fused-ring (bicyclic) bond motifs is 1. The second kappa shape index (κ2) is 8.03. The second-order valence-corrected chi connectivity index (χ2v) is 5.10. The van der Waals surface area contributed by atoms with Crippen LogP contribution in [0.25, 0.3) is 10.8 Å². The zero-order valence-corrected chi connectivity index (χ0v) is 12.8. The molecular weight excluding hydrogens is 272 g/mol. The van der Waals surface area contributed by atoms with Crippen molar-refractivity contribution in [1.29, 1.82) is 0 Å². The molecule has 0 aliphatic rings. The van der Waals surface area contributed by atoms with Crippen molar-refractivity contribution < 1.29 is 4.79 Å². The Bertz CT molecular complexity index is 648. The van der Waals surface area contributed by atoms with Gasteiger partial charge in [0.2, 0.25) is 0 Å². The highest BCUT2D eigenvalue weighted by Crippen LogP contribution is 2.18. The number of amides is 2. The predicted molar refractivity (Wildman–Crippen MR) is 93.0 cm³/mol. The summed E-state index contributed by atoms with van der Waals surface area (Å²) >= 11 is 0. The lowest BCUT2D eigenvalue weighted by atomic mass is 10.0. The lowest BCUT2D eigenvalue weighted by molar-refractivity contribution is 0.208. The maximum atomic E-state index is 12.1. The lowest BCUT2D eigenvalue weighted by Gasteiger charge is -2.20. The van der Waals surface area contributed by atoms with Crippen LogP contribution in [0.2, 0.25) is 0 Å². The summed E-state index contributed by atoms with van der Waals surface area (Å²) in [6, 6.07) is 14.5. The molecule has 0 bridgehead atoms. The van der Waals surface area contributed by atoms with Crippen molar-refractivity contribution >= 4 is 16.8 Å². The van der Waals surface area contributed by atoms with Crippen molar-refractivity contribution in [3.8, 4) is 0 Å². The number of carbonyl (C=O) groups is 1.